The van der Waals surface area contributed by atoms with Crippen LogP contribution in [0.2, 0.25) is 0 Å². The van der Waals surface area contributed by atoms with Crippen molar-refractivity contribution in [2.24, 2.45) is 5.41 Å². The minimum atomic E-state index is -0.931. The van der Waals surface area contributed by atoms with E-state index in [9.17, 15) is 20.0 Å². The Morgan fingerprint density at radius 2 is 2.07 bits per heavy atom. The van der Waals surface area contributed by atoms with E-state index in [1.54, 1.807) is 24.4 Å². The van der Waals surface area contributed by atoms with Crippen LogP contribution in [0.5, 0.6) is 0 Å². The molecule has 1 atom stereocenters. The van der Waals surface area contributed by atoms with E-state index in [0.717, 1.165) is 5.69 Å². The number of anilines is 3. The van der Waals surface area contributed by atoms with Crippen molar-refractivity contribution in [3.05, 3.63) is 46.9 Å². The fourth-order valence-corrected chi connectivity index (χ4v) is 3.47. The number of benzene rings is 1. The van der Waals surface area contributed by atoms with Crippen molar-refractivity contribution < 1.29 is 14.8 Å². The molecule has 10 nitrogen and oxygen atoms in total. The van der Waals surface area contributed by atoms with Crippen molar-refractivity contribution >= 4 is 29.0 Å². The summed E-state index contributed by atoms with van der Waals surface area (Å²) in [6.45, 7) is 7.40. The molecule has 1 aromatic heterocycles. The van der Waals surface area contributed by atoms with Crippen molar-refractivity contribution in [1.82, 2.24) is 14.9 Å². The lowest BCUT2D eigenvalue weighted by Gasteiger charge is -2.46. The number of nitro groups is 1. The molecule has 29 heavy (non-hydrogen) atoms. The van der Waals surface area contributed by atoms with Gasteiger partial charge in [0.15, 0.2) is 0 Å². The molecule has 0 spiro atoms. The van der Waals surface area contributed by atoms with Crippen molar-refractivity contribution in [3.8, 4) is 0 Å². The van der Waals surface area contributed by atoms with Gasteiger partial charge in [0, 0.05) is 37.6 Å². The molecule has 0 bridgehead atoms. The third-order valence-electron chi connectivity index (χ3n) is 5.01. The SMILES string of the molecule is CC(C)(C)C1CN(c2ccc([N+](=O)[O-])c(Nc3ccncn3)c2)CCN1C(=O)O. The number of aromatic nitrogens is 2. The maximum Gasteiger partial charge on any atom is 0.407 e. The number of rotatable bonds is 4. The van der Waals surface area contributed by atoms with E-state index in [0.29, 0.717) is 31.1 Å². The highest BCUT2D eigenvalue weighted by molar-refractivity contribution is 5.73. The summed E-state index contributed by atoms with van der Waals surface area (Å²) in [5.41, 5.74) is 0.786. The third kappa shape index (κ3) is 4.53. The van der Waals surface area contributed by atoms with Crippen LogP contribution >= 0.6 is 0 Å². The second kappa shape index (κ2) is 7.90. The van der Waals surface area contributed by atoms with Gasteiger partial charge < -0.3 is 20.2 Å². The zero-order chi connectivity index (χ0) is 21.2. The predicted molar refractivity (Wildman–Crippen MR) is 109 cm³/mol. The molecule has 0 saturated carbocycles. The number of nitrogens with zero attached hydrogens (tertiary/aromatic N) is 5. The van der Waals surface area contributed by atoms with Crippen LogP contribution in [0.15, 0.2) is 36.8 Å². The second-order valence-electron chi connectivity index (χ2n) is 7.98. The van der Waals surface area contributed by atoms with Gasteiger partial charge in [0.05, 0.1) is 11.0 Å². The molecule has 3 rings (SSSR count). The zero-order valence-electron chi connectivity index (χ0n) is 16.6. The lowest BCUT2D eigenvalue weighted by atomic mass is 9.84. The number of carbonyl (C=O) groups is 1. The number of nitro benzene ring substituents is 1. The van der Waals surface area contributed by atoms with E-state index < -0.39 is 11.0 Å². The molecule has 1 aliphatic rings. The fraction of sp³-hybridized carbons (Fsp3) is 0.421. The molecular weight excluding hydrogens is 376 g/mol. The topological polar surface area (TPSA) is 125 Å². The minimum absolute atomic E-state index is 0.0658. The quantitative estimate of drug-likeness (QED) is 0.591. The Bertz CT molecular complexity index is 899. The molecule has 1 aliphatic heterocycles. The molecule has 2 heterocycles. The summed E-state index contributed by atoms with van der Waals surface area (Å²) >= 11 is 0. The molecule has 2 aromatic rings. The van der Waals surface area contributed by atoms with Crippen LogP contribution in [0.3, 0.4) is 0 Å². The Kier molecular flexibility index (Phi) is 5.53. The fourth-order valence-electron chi connectivity index (χ4n) is 3.47. The Morgan fingerprint density at radius 3 is 2.66 bits per heavy atom. The van der Waals surface area contributed by atoms with Gasteiger partial charge in [-0.3, -0.25) is 10.1 Å². The Hall–Kier alpha value is -3.43. The van der Waals surface area contributed by atoms with Gasteiger partial charge in [0.25, 0.3) is 5.69 Å². The number of piperazine rings is 1. The molecule has 1 unspecified atom stereocenters. The number of hydrogen-bond donors (Lipinski definition) is 2. The van der Waals surface area contributed by atoms with Gasteiger partial charge in [0.1, 0.15) is 17.8 Å². The summed E-state index contributed by atoms with van der Waals surface area (Å²) in [6, 6.07) is 6.27. The van der Waals surface area contributed by atoms with E-state index in [4.69, 9.17) is 0 Å². The zero-order valence-corrected chi connectivity index (χ0v) is 16.6. The van der Waals surface area contributed by atoms with Crippen molar-refractivity contribution in [1.29, 1.82) is 0 Å². The Morgan fingerprint density at radius 1 is 1.31 bits per heavy atom. The summed E-state index contributed by atoms with van der Waals surface area (Å²) in [5, 5.41) is 24.0. The molecule has 0 radical (unpaired) electrons. The molecule has 1 amide bonds. The van der Waals surface area contributed by atoms with Crippen LogP contribution in [0.1, 0.15) is 20.8 Å². The van der Waals surface area contributed by atoms with Crippen LogP contribution in [0.25, 0.3) is 0 Å². The van der Waals surface area contributed by atoms with Gasteiger partial charge >= 0.3 is 6.09 Å². The van der Waals surface area contributed by atoms with Crippen molar-refractivity contribution in [2.45, 2.75) is 26.8 Å². The van der Waals surface area contributed by atoms with E-state index in [2.05, 4.69) is 20.2 Å². The molecule has 154 valence electrons. The molecule has 1 fully saturated rings. The van der Waals surface area contributed by atoms with Crippen molar-refractivity contribution in [2.75, 3.05) is 29.9 Å². The average molecular weight is 400 g/mol. The summed E-state index contributed by atoms with van der Waals surface area (Å²) in [7, 11) is 0. The van der Waals surface area contributed by atoms with E-state index in [1.165, 1.54) is 17.3 Å². The monoisotopic (exact) mass is 400 g/mol. The largest absolute Gasteiger partial charge is 0.465 e. The molecule has 1 aromatic carbocycles. The lowest BCUT2D eigenvalue weighted by Crippen LogP contribution is -2.59. The third-order valence-corrected chi connectivity index (χ3v) is 5.01. The molecule has 1 saturated heterocycles. The standard InChI is InChI=1S/C19H24N6O4/c1-19(2,3)16-11-23(8-9-24(16)18(26)27)13-4-5-15(25(28)29)14(10-13)22-17-6-7-20-12-21-17/h4-7,10,12,16H,8-9,11H2,1-3H3,(H,26,27)(H,20,21,22). The summed E-state index contributed by atoms with van der Waals surface area (Å²) in [4.78, 5) is 34.1. The number of nitrogens with one attached hydrogen (secondary N) is 1. The summed E-state index contributed by atoms with van der Waals surface area (Å²) in [6.07, 6.45) is 1.97. The van der Waals surface area contributed by atoms with Crippen LogP contribution in [0, 0.1) is 15.5 Å². The lowest BCUT2D eigenvalue weighted by molar-refractivity contribution is -0.383. The normalized spacial score (nSPS) is 17.1. The smallest absolute Gasteiger partial charge is 0.407 e. The Balaban J connectivity index is 1.91. The van der Waals surface area contributed by atoms with Crippen LogP contribution < -0.4 is 10.2 Å². The maximum absolute atomic E-state index is 11.6. The number of amides is 1. The highest BCUT2D eigenvalue weighted by atomic mass is 16.6. The first kappa shape index (κ1) is 20.3. The first-order chi connectivity index (χ1) is 13.7. The van der Waals surface area contributed by atoms with E-state index >= 15 is 0 Å². The van der Waals surface area contributed by atoms with E-state index in [1.807, 2.05) is 20.8 Å². The number of hydrogen-bond acceptors (Lipinski definition) is 7. The minimum Gasteiger partial charge on any atom is -0.465 e. The van der Waals surface area contributed by atoms with Gasteiger partial charge in [-0.2, -0.15) is 0 Å². The molecule has 2 N–H and O–H groups in total. The summed E-state index contributed by atoms with van der Waals surface area (Å²) < 4.78 is 0. The molecular formula is C19H24N6O4. The van der Waals surface area contributed by atoms with Crippen LogP contribution in [0.4, 0.5) is 27.7 Å². The van der Waals surface area contributed by atoms with Gasteiger partial charge in [-0.05, 0) is 23.6 Å². The predicted octanol–water partition coefficient (Wildman–Crippen LogP) is 3.34. The number of carboxylic acid groups (broad SMARTS) is 1. The van der Waals surface area contributed by atoms with E-state index in [-0.39, 0.29) is 17.1 Å². The van der Waals surface area contributed by atoms with Crippen LogP contribution in [-0.4, -0.2) is 56.7 Å². The first-order valence-corrected chi connectivity index (χ1v) is 9.23. The van der Waals surface area contributed by atoms with Gasteiger partial charge in [0.2, 0.25) is 0 Å². The second-order valence-corrected chi connectivity index (χ2v) is 7.98. The highest BCUT2D eigenvalue weighted by Crippen LogP contribution is 2.34. The van der Waals surface area contributed by atoms with Gasteiger partial charge in [-0.15, -0.1) is 0 Å². The van der Waals surface area contributed by atoms with Gasteiger partial charge in [-0.1, -0.05) is 20.8 Å². The summed E-state index contributed by atoms with van der Waals surface area (Å²) in [5.74, 6) is 0.448. The molecule has 0 aliphatic carbocycles. The van der Waals surface area contributed by atoms with Crippen molar-refractivity contribution in [3.63, 3.8) is 0 Å². The highest BCUT2D eigenvalue weighted by Gasteiger charge is 2.38. The van der Waals surface area contributed by atoms with Gasteiger partial charge in [-0.25, -0.2) is 14.8 Å². The first-order valence-electron chi connectivity index (χ1n) is 9.23. The molecule has 10 heteroatoms. The Labute approximate surface area is 168 Å². The maximum atomic E-state index is 11.6. The van der Waals surface area contributed by atoms with Crippen LogP contribution in [-0.2, 0) is 0 Å². The average Bonchev–Trinajstić information content (AvgIpc) is 2.67.